The van der Waals surface area contributed by atoms with E-state index < -0.39 is 0 Å². The van der Waals surface area contributed by atoms with Gasteiger partial charge in [-0.2, -0.15) is 0 Å². The fourth-order valence-electron chi connectivity index (χ4n) is 4.53. The largest absolute Gasteiger partial charge is 0.356 e. The standard InChI is InChI=1S/C29H36FN5O2/c1-3-7-26(36)31-17-6-4-5-8-27(37)34-18-19-35-25(20-34)33-28(22-11-13-23(30)14-12-22)29(35)32-24-15-9-21(2)10-16-24/h9-16,32H,3-8,17-20H2,1-2H3,(H,31,36). The van der Waals surface area contributed by atoms with Crippen molar-refractivity contribution in [3.05, 3.63) is 65.7 Å². The topological polar surface area (TPSA) is 79.3 Å². The summed E-state index contributed by atoms with van der Waals surface area (Å²) in [4.78, 5) is 31.2. The van der Waals surface area contributed by atoms with Crippen LogP contribution in [0.15, 0.2) is 48.5 Å². The number of hydrogen-bond donors (Lipinski definition) is 2. The Morgan fingerprint density at radius 3 is 2.46 bits per heavy atom. The van der Waals surface area contributed by atoms with Gasteiger partial charge in [0.2, 0.25) is 11.8 Å². The Hall–Kier alpha value is -3.68. The van der Waals surface area contributed by atoms with Crippen LogP contribution in [-0.2, 0) is 22.7 Å². The molecule has 0 radical (unpaired) electrons. The lowest BCUT2D eigenvalue weighted by Gasteiger charge is -2.28. The second-order valence-corrected chi connectivity index (χ2v) is 9.60. The highest BCUT2D eigenvalue weighted by molar-refractivity contribution is 5.78. The molecule has 196 valence electrons. The molecule has 0 bridgehead atoms. The molecular formula is C29H36FN5O2. The van der Waals surface area contributed by atoms with E-state index in [-0.39, 0.29) is 17.6 Å². The summed E-state index contributed by atoms with van der Waals surface area (Å²) < 4.78 is 15.7. The second kappa shape index (κ2) is 12.5. The monoisotopic (exact) mass is 505 g/mol. The minimum atomic E-state index is -0.291. The fourth-order valence-corrected chi connectivity index (χ4v) is 4.53. The van der Waals surface area contributed by atoms with Gasteiger partial charge in [0.05, 0.1) is 6.54 Å². The van der Waals surface area contributed by atoms with E-state index in [2.05, 4.69) is 15.2 Å². The number of aryl methyl sites for hydroxylation is 1. The number of amides is 2. The maximum absolute atomic E-state index is 13.6. The van der Waals surface area contributed by atoms with E-state index in [1.165, 1.54) is 17.7 Å². The van der Waals surface area contributed by atoms with Crippen molar-refractivity contribution in [3.63, 3.8) is 0 Å². The fraction of sp³-hybridized carbons (Fsp3) is 0.414. The average Bonchev–Trinajstić information content (AvgIpc) is 3.25. The number of halogens is 1. The summed E-state index contributed by atoms with van der Waals surface area (Å²) in [6.45, 7) is 6.38. The van der Waals surface area contributed by atoms with Crippen molar-refractivity contribution in [2.24, 2.45) is 0 Å². The van der Waals surface area contributed by atoms with Gasteiger partial charge in [0.1, 0.15) is 23.2 Å². The number of benzene rings is 2. The SMILES string of the molecule is CCCC(=O)NCCCCCC(=O)N1CCn2c(nc(-c3ccc(F)cc3)c2Nc2ccc(C)cc2)C1. The zero-order valence-corrected chi connectivity index (χ0v) is 21.7. The Kier molecular flexibility index (Phi) is 8.93. The summed E-state index contributed by atoms with van der Waals surface area (Å²) in [5, 5.41) is 6.43. The number of nitrogens with zero attached hydrogens (tertiary/aromatic N) is 3. The van der Waals surface area contributed by atoms with Gasteiger partial charge in [0.15, 0.2) is 0 Å². The number of rotatable bonds is 11. The number of unbranched alkanes of at least 4 members (excludes halogenated alkanes) is 2. The molecule has 7 nitrogen and oxygen atoms in total. The van der Waals surface area contributed by atoms with Crippen LogP contribution in [0.4, 0.5) is 15.9 Å². The lowest BCUT2D eigenvalue weighted by molar-refractivity contribution is -0.132. The van der Waals surface area contributed by atoms with E-state index in [0.29, 0.717) is 39.0 Å². The Balaban J connectivity index is 1.41. The summed E-state index contributed by atoms with van der Waals surface area (Å²) in [6.07, 6.45) is 4.48. The second-order valence-electron chi connectivity index (χ2n) is 9.60. The molecule has 0 atom stereocenters. The van der Waals surface area contributed by atoms with Gasteiger partial charge in [-0.15, -0.1) is 0 Å². The molecule has 0 fully saturated rings. The first-order valence-electron chi connectivity index (χ1n) is 13.2. The van der Waals surface area contributed by atoms with Crippen LogP contribution in [0.2, 0.25) is 0 Å². The van der Waals surface area contributed by atoms with Gasteiger partial charge in [-0.1, -0.05) is 31.0 Å². The van der Waals surface area contributed by atoms with Crippen molar-refractivity contribution < 1.29 is 14.0 Å². The molecule has 0 unspecified atom stereocenters. The third-order valence-corrected chi connectivity index (χ3v) is 6.62. The molecule has 8 heteroatoms. The number of anilines is 2. The van der Waals surface area contributed by atoms with E-state index in [4.69, 9.17) is 4.98 Å². The molecule has 37 heavy (non-hydrogen) atoms. The van der Waals surface area contributed by atoms with Crippen molar-refractivity contribution in [3.8, 4) is 11.3 Å². The highest BCUT2D eigenvalue weighted by Gasteiger charge is 2.26. The lowest BCUT2D eigenvalue weighted by atomic mass is 10.1. The summed E-state index contributed by atoms with van der Waals surface area (Å²) in [5.74, 6) is 1.59. The predicted molar refractivity (Wildman–Crippen MR) is 144 cm³/mol. The molecule has 2 amide bonds. The zero-order valence-electron chi connectivity index (χ0n) is 21.7. The van der Waals surface area contributed by atoms with E-state index >= 15 is 0 Å². The Morgan fingerprint density at radius 2 is 1.73 bits per heavy atom. The Labute approximate surface area is 218 Å². The highest BCUT2D eigenvalue weighted by Crippen LogP contribution is 2.33. The summed E-state index contributed by atoms with van der Waals surface area (Å²) in [7, 11) is 0. The molecule has 0 saturated carbocycles. The number of carbonyl (C=O) groups excluding carboxylic acids is 2. The molecule has 1 aromatic heterocycles. The molecule has 2 heterocycles. The van der Waals surface area contributed by atoms with Crippen LogP contribution in [-0.4, -0.2) is 39.4 Å². The van der Waals surface area contributed by atoms with Crippen molar-refractivity contribution in [1.82, 2.24) is 19.8 Å². The summed E-state index contributed by atoms with van der Waals surface area (Å²) in [5.41, 5.74) is 3.69. The normalized spacial score (nSPS) is 12.8. The minimum Gasteiger partial charge on any atom is -0.356 e. The van der Waals surface area contributed by atoms with Gasteiger partial charge < -0.3 is 20.1 Å². The first-order valence-corrected chi connectivity index (χ1v) is 13.2. The quantitative estimate of drug-likeness (QED) is 0.335. The van der Waals surface area contributed by atoms with E-state index in [9.17, 15) is 14.0 Å². The number of fused-ring (bicyclic) bond motifs is 1. The third-order valence-electron chi connectivity index (χ3n) is 6.62. The molecule has 2 aromatic carbocycles. The first kappa shape index (κ1) is 26.4. The van der Waals surface area contributed by atoms with Crippen LogP contribution >= 0.6 is 0 Å². The maximum Gasteiger partial charge on any atom is 0.223 e. The van der Waals surface area contributed by atoms with Crippen molar-refractivity contribution in [2.75, 3.05) is 18.4 Å². The molecule has 4 rings (SSSR count). The molecule has 0 aliphatic carbocycles. The molecule has 2 N–H and O–H groups in total. The number of aromatic nitrogens is 2. The van der Waals surface area contributed by atoms with Crippen LogP contribution in [0.1, 0.15) is 56.8 Å². The highest BCUT2D eigenvalue weighted by atomic mass is 19.1. The van der Waals surface area contributed by atoms with E-state index in [1.807, 2.05) is 43.0 Å². The van der Waals surface area contributed by atoms with E-state index in [1.54, 1.807) is 12.1 Å². The Morgan fingerprint density at radius 1 is 0.973 bits per heavy atom. The van der Waals surface area contributed by atoms with Gasteiger partial charge in [-0.05, 0) is 62.6 Å². The van der Waals surface area contributed by atoms with Crippen molar-refractivity contribution in [1.29, 1.82) is 0 Å². The Bertz CT molecular complexity index is 1200. The van der Waals surface area contributed by atoms with Gasteiger partial charge in [0, 0.05) is 43.7 Å². The summed E-state index contributed by atoms with van der Waals surface area (Å²) >= 11 is 0. The maximum atomic E-state index is 13.6. The lowest BCUT2D eigenvalue weighted by Crippen LogP contribution is -2.38. The molecule has 1 aliphatic heterocycles. The first-order chi connectivity index (χ1) is 17.9. The van der Waals surface area contributed by atoms with Crippen LogP contribution in [0.3, 0.4) is 0 Å². The minimum absolute atomic E-state index is 0.0960. The smallest absolute Gasteiger partial charge is 0.223 e. The number of imidazole rings is 1. The van der Waals surface area contributed by atoms with Gasteiger partial charge in [0.25, 0.3) is 0 Å². The van der Waals surface area contributed by atoms with Crippen molar-refractivity contribution >= 4 is 23.3 Å². The molecule has 0 saturated heterocycles. The summed E-state index contributed by atoms with van der Waals surface area (Å²) in [6, 6.07) is 14.5. The van der Waals surface area contributed by atoms with Crippen molar-refractivity contribution in [2.45, 2.75) is 65.5 Å². The molecular weight excluding hydrogens is 469 g/mol. The number of carbonyl (C=O) groups is 2. The van der Waals surface area contributed by atoms with Crippen LogP contribution in [0.5, 0.6) is 0 Å². The zero-order chi connectivity index (χ0) is 26.2. The van der Waals surface area contributed by atoms with Gasteiger partial charge in [-0.3, -0.25) is 9.59 Å². The van der Waals surface area contributed by atoms with E-state index in [0.717, 1.165) is 54.3 Å². The van der Waals surface area contributed by atoms with Gasteiger partial charge >= 0.3 is 0 Å². The molecule has 3 aromatic rings. The molecule has 1 aliphatic rings. The van der Waals surface area contributed by atoms with Gasteiger partial charge in [-0.25, -0.2) is 9.37 Å². The predicted octanol–water partition coefficient (Wildman–Crippen LogP) is 5.56. The third kappa shape index (κ3) is 6.96. The number of hydrogen-bond acceptors (Lipinski definition) is 4. The molecule has 0 spiro atoms. The van der Waals surface area contributed by atoms with Crippen LogP contribution in [0.25, 0.3) is 11.3 Å². The van der Waals surface area contributed by atoms with Crippen LogP contribution < -0.4 is 10.6 Å². The average molecular weight is 506 g/mol. The van der Waals surface area contributed by atoms with Crippen LogP contribution in [0, 0.1) is 12.7 Å². The number of nitrogens with one attached hydrogen (secondary N) is 2.